The summed E-state index contributed by atoms with van der Waals surface area (Å²) in [7, 11) is 0. The van der Waals surface area contributed by atoms with Crippen LogP contribution in [0.1, 0.15) is 6.42 Å². The highest BCUT2D eigenvalue weighted by Crippen LogP contribution is 2.30. The van der Waals surface area contributed by atoms with Crippen LogP contribution < -0.4 is 10.2 Å². The van der Waals surface area contributed by atoms with Gasteiger partial charge >= 0.3 is 0 Å². The topological polar surface area (TPSA) is 48.4 Å². The molecule has 0 spiro atoms. The molecule has 2 fully saturated rings. The molecule has 3 rings (SSSR count). The van der Waals surface area contributed by atoms with Crippen molar-refractivity contribution in [1.82, 2.24) is 10.3 Å². The molecule has 2 saturated heterocycles. The number of aromatic hydroxyl groups is 1. The van der Waals surface area contributed by atoms with Gasteiger partial charge in [0.15, 0.2) is 0 Å². The Balaban J connectivity index is 0.000000640. The number of hydrogen-bond acceptors (Lipinski definition) is 4. The zero-order valence-corrected chi connectivity index (χ0v) is 10.3. The average Bonchev–Trinajstić information content (AvgIpc) is 2.78. The number of nitrogens with one attached hydrogen (secondary N) is 1. The van der Waals surface area contributed by atoms with Crippen molar-refractivity contribution in [3.8, 4) is 5.75 Å². The van der Waals surface area contributed by atoms with Gasteiger partial charge in [-0.05, 0) is 6.42 Å². The fourth-order valence-corrected chi connectivity index (χ4v) is 2.45. The molecule has 0 saturated carbocycles. The highest BCUT2D eigenvalue weighted by molar-refractivity contribution is 5.85. The van der Waals surface area contributed by atoms with Gasteiger partial charge in [-0.15, -0.1) is 24.8 Å². The summed E-state index contributed by atoms with van der Waals surface area (Å²) >= 11 is 0. The van der Waals surface area contributed by atoms with Crippen LogP contribution in [0.15, 0.2) is 18.5 Å². The molecule has 0 radical (unpaired) electrons. The Labute approximate surface area is 107 Å². The summed E-state index contributed by atoms with van der Waals surface area (Å²) in [5.41, 5.74) is 1.04. The zero-order valence-electron chi connectivity index (χ0n) is 8.67. The Kier molecular flexibility index (Phi) is 4.24. The van der Waals surface area contributed by atoms with E-state index >= 15 is 0 Å². The van der Waals surface area contributed by atoms with E-state index in [2.05, 4.69) is 15.2 Å². The van der Waals surface area contributed by atoms with Crippen LogP contribution >= 0.6 is 24.8 Å². The van der Waals surface area contributed by atoms with Crippen LogP contribution in [0.3, 0.4) is 0 Å². The molecule has 4 nitrogen and oxygen atoms in total. The van der Waals surface area contributed by atoms with Crippen molar-refractivity contribution in [3.63, 3.8) is 0 Å². The van der Waals surface area contributed by atoms with Crippen LogP contribution in [0.25, 0.3) is 0 Å². The fraction of sp³-hybridized carbons (Fsp3) is 0.500. The molecule has 0 unspecified atom stereocenters. The Morgan fingerprint density at radius 2 is 2.19 bits per heavy atom. The van der Waals surface area contributed by atoms with E-state index in [4.69, 9.17) is 0 Å². The van der Waals surface area contributed by atoms with Gasteiger partial charge in [0.05, 0.1) is 18.1 Å². The minimum Gasteiger partial charge on any atom is -0.506 e. The summed E-state index contributed by atoms with van der Waals surface area (Å²) in [5.74, 6) is 0.248. The number of fused-ring (bicyclic) bond motifs is 2. The van der Waals surface area contributed by atoms with Crippen molar-refractivity contribution >= 4 is 30.5 Å². The number of pyridine rings is 1. The van der Waals surface area contributed by atoms with Gasteiger partial charge in [0.25, 0.3) is 0 Å². The molecule has 90 valence electrons. The lowest BCUT2D eigenvalue weighted by Crippen LogP contribution is -2.43. The van der Waals surface area contributed by atoms with Gasteiger partial charge < -0.3 is 15.3 Å². The largest absolute Gasteiger partial charge is 0.506 e. The maximum atomic E-state index is 9.34. The molecule has 6 heteroatoms. The highest BCUT2D eigenvalue weighted by atomic mass is 35.5. The second-order valence-electron chi connectivity index (χ2n) is 4.05. The standard InChI is InChI=1S/C10H13N3O.2ClH/c14-10-2-9(3-11-5-10)13-6-7-1-8(13)4-12-7;;/h2-3,5,7-8,12,14H,1,4,6H2;2*1H/t7-,8-;;/m0../s1. The van der Waals surface area contributed by atoms with Crippen LogP contribution in [-0.4, -0.2) is 35.3 Å². The highest BCUT2D eigenvalue weighted by Gasteiger charge is 2.37. The normalized spacial score (nSPS) is 26.1. The fourth-order valence-electron chi connectivity index (χ4n) is 2.45. The lowest BCUT2D eigenvalue weighted by atomic mass is 10.2. The SMILES string of the molecule is Cl.Cl.Oc1cncc(N2C[C@@H]3C[C@H]2CN3)c1. The van der Waals surface area contributed by atoms with E-state index in [0.717, 1.165) is 18.8 Å². The number of halogens is 2. The minimum absolute atomic E-state index is 0. The number of piperazine rings is 1. The van der Waals surface area contributed by atoms with E-state index in [9.17, 15) is 5.11 Å². The van der Waals surface area contributed by atoms with E-state index in [-0.39, 0.29) is 30.6 Å². The summed E-state index contributed by atoms with van der Waals surface area (Å²) < 4.78 is 0. The Hall–Kier alpha value is -0.710. The van der Waals surface area contributed by atoms with Crippen molar-refractivity contribution in [3.05, 3.63) is 18.5 Å². The van der Waals surface area contributed by atoms with Gasteiger partial charge in [-0.2, -0.15) is 0 Å². The van der Waals surface area contributed by atoms with E-state index in [1.807, 2.05) is 6.20 Å². The molecule has 16 heavy (non-hydrogen) atoms. The van der Waals surface area contributed by atoms with E-state index < -0.39 is 0 Å². The number of rotatable bonds is 1. The number of nitrogens with zero attached hydrogens (tertiary/aromatic N) is 2. The molecule has 1 aromatic rings. The summed E-state index contributed by atoms with van der Waals surface area (Å²) in [5, 5.41) is 12.8. The van der Waals surface area contributed by atoms with Crippen LogP contribution in [0.2, 0.25) is 0 Å². The maximum absolute atomic E-state index is 9.34. The van der Waals surface area contributed by atoms with Crippen molar-refractivity contribution in [2.45, 2.75) is 18.5 Å². The van der Waals surface area contributed by atoms with E-state index in [1.54, 1.807) is 6.07 Å². The van der Waals surface area contributed by atoms with Crippen LogP contribution in [0.5, 0.6) is 5.75 Å². The molecule has 2 aliphatic heterocycles. The van der Waals surface area contributed by atoms with Crippen LogP contribution in [-0.2, 0) is 0 Å². The van der Waals surface area contributed by atoms with Gasteiger partial charge in [-0.1, -0.05) is 0 Å². The maximum Gasteiger partial charge on any atom is 0.135 e. The molecular formula is C10H15Cl2N3O. The third-order valence-electron chi connectivity index (χ3n) is 3.10. The molecule has 3 heterocycles. The van der Waals surface area contributed by atoms with Gasteiger partial charge in [0.2, 0.25) is 0 Å². The summed E-state index contributed by atoms with van der Waals surface area (Å²) in [6, 6.07) is 3.00. The predicted molar refractivity (Wildman–Crippen MR) is 67.9 cm³/mol. The molecule has 0 amide bonds. The monoisotopic (exact) mass is 263 g/mol. The summed E-state index contributed by atoms with van der Waals surface area (Å²) in [6.07, 6.45) is 4.51. The molecular weight excluding hydrogens is 249 g/mol. The van der Waals surface area contributed by atoms with E-state index in [1.165, 1.54) is 12.6 Å². The van der Waals surface area contributed by atoms with Gasteiger partial charge in [-0.3, -0.25) is 4.98 Å². The summed E-state index contributed by atoms with van der Waals surface area (Å²) in [6.45, 7) is 2.09. The van der Waals surface area contributed by atoms with E-state index in [0.29, 0.717) is 12.1 Å². The molecule has 1 aromatic heterocycles. The Morgan fingerprint density at radius 3 is 2.75 bits per heavy atom. The first-order valence-electron chi connectivity index (χ1n) is 4.97. The lowest BCUT2D eigenvalue weighted by molar-refractivity contribution is 0.472. The third-order valence-corrected chi connectivity index (χ3v) is 3.10. The first kappa shape index (κ1) is 13.4. The van der Waals surface area contributed by atoms with Gasteiger partial charge in [-0.25, -0.2) is 0 Å². The molecule has 0 aromatic carbocycles. The number of aromatic nitrogens is 1. The van der Waals surface area contributed by atoms with Gasteiger partial charge in [0.1, 0.15) is 5.75 Å². The Bertz CT molecular complexity index is 364. The second-order valence-corrected chi connectivity index (χ2v) is 4.05. The molecule has 2 atom stereocenters. The average molecular weight is 264 g/mol. The number of hydrogen-bond donors (Lipinski definition) is 2. The lowest BCUT2D eigenvalue weighted by Gasteiger charge is -2.29. The zero-order chi connectivity index (χ0) is 9.54. The molecule has 2 N–H and O–H groups in total. The van der Waals surface area contributed by atoms with Crippen molar-refractivity contribution in [1.29, 1.82) is 0 Å². The summed E-state index contributed by atoms with van der Waals surface area (Å²) in [4.78, 5) is 6.33. The van der Waals surface area contributed by atoms with Crippen molar-refractivity contribution in [2.75, 3.05) is 18.0 Å². The minimum atomic E-state index is 0. The van der Waals surface area contributed by atoms with Crippen LogP contribution in [0.4, 0.5) is 5.69 Å². The Morgan fingerprint density at radius 1 is 1.38 bits per heavy atom. The molecule has 0 aliphatic carbocycles. The van der Waals surface area contributed by atoms with Crippen LogP contribution in [0, 0.1) is 0 Å². The first-order valence-corrected chi connectivity index (χ1v) is 4.97. The van der Waals surface area contributed by atoms with Crippen molar-refractivity contribution < 1.29 is 5.11 Å². The second kappa shape index (κ2) is 5.08. The quantitative estimate of drug-likeness (QED) is 0.799. The smallest absolute Gasteiger partial charge is 0.135 e. The first-order chi connectivity index (χ1) is 6.83. The van der Waals surface area contributed by atoms with Crippen molar-refractivity contribution in [2.24, 2.45) is 0 Å². The molecule has 2 aliphatic rings. The number of anilines is 1. The molecule has 2 bridgehead atoms. The third kappa shape index (κ3) is 2.19. The predicted octanol–water partition coefficient (Wildman–Crippen LogP) is 1.18. The van der Waals surface area contributed by atoms with Gasteiger partial charge in [0, 0.05) is 31.2 Å².